The van der Waals surface area contributed by atoms with Crippen LogP contribution in [0, 0.1) is 5.92 Å². The number of fused-ring (bicyclic) bond motifs is 1. The highest BCUT2D eigenvalue weighted by Crippen LogP contribution is 2.30. The lowest BCUT2D eigenvalue weighted by Crippen LogP contribution is -2.38. The van der Waals surface area contributed by atoms with E-state index in [0.717, 1.165) is 48.3 Å². The van der Waals surface area contributed by atoms with Gasteiger partial charge in [0.15, 0.2) is 5.96 Å². The highest BCUT2D eigenvalue weighted by atomic mass is 127. The maximum atomic E-state index is 6.00. The first-order chi connectivity index (χ1) is 14.3. The Morgan fingerprint density at radius 1 is 1.03 bits per heavy atom. The molecule has 1 aliphatic rings. The summed E-state index contributed by atoms with van der Waals surface area (Å²) in [6.45, 7) is 2.29. The van der Waals surface area contributed by atoms with Crippen LogP contribution in [0.25, 0.3) is 10.9 Å². The first-order valence-electron chi connectivity index (χ1n) is 10.3. The molecule has 0 spiro atoms. The van der Waals surface area contributed by atoms with Gasteiger partial charge in [0.1, 0.15) is 5.75 Å². The molecule has 0 unspecified atom stereocenters. The zero-order chi connectivity index (χ0) is 19.9. The van der Waals surface area contributed by atoms with Crippen molar-refractivity contribution in [3.05, 3.63) is 71.9 Å². The Kier molecular flexibility index (Phi) is 8.30. The number of rotatable bonds is 8. The molecule has 158 valence electrons. The van der Waals surface area contributed by atoms with Gasteiger partial charge in [0.2, 0.25) is 0 Å². The summed E-state index contributed by atoms with van der Waals surface area (Å²) < 4.78 is 6.00. The first-order valence-corrected chi connectivity index (χ1v) is 10.3. The molecular formula is C24H29IN4O. The maximum Gasteiger partial charge on any atom is 0.191 e. The third kappa shape index (κ3) is 6.08. The van der Waals surface area contributed by atoms with Crippen molar-refractivity contribution in [3.63, 3.8) is 0 Å². The van der Waals surface area contributed by atoms with Crippen molar-refractivity contribution in [2.75, 3.05) is 20.2 Å². The molecule has 0 radical (unpaired) electrons. The van der Waals surface area contributed by atoms with Crippen molar-refractivity contribution in [2.24, 2.45) is 10.9 Å². The normalized spacial score (nSPS) is 13.6. The standard InChI is InChI=1S/C24H28N4O.HI/c1-25-24(27-15-13-20-8-4-7-19-9-5-14-26-23(19)20)28-16-21-6-2-3-10-22(21)29-17-18-11-12-18;/h2-10,14,18H,11-13,15-17H2,1H3,(H2,25,27,28);1H. The number of aromatic nitrogens is 1. The molecule has 2 aromatic carbocycles. The summed E-state index contributed by atoms with van der Waals surface area (Å²) in [6, 6.07) is 18.6. The zero-order valence-corrected chi connectivity index (χ0v) is 19.6. The average Bonchev–Trinajstić information content (AvgIpc) is 3.60. The molecule has 1 aliphatic carbocycles. The molecule has 30 heavy (non-hydrogen) atoms. The predicted molar refractivity (Wildman–Crippen MR) is 134 cm³/mol. The molecule has 1 heterocycles. The third-order valence-corrected chi connectivity index (χ3v) is 5.22. The Morgan fingerprint density at radius 2 is 1.83 bits per heavy atom. The number of halogens is 1. The van der Waals surface area contributed by atoms with E-state index in [1.807, 2.05) is 30.5 Å². The lowest BCUT2D eigenvalue weighted by Gasteiger charge is -2.15. The van der Waals surface area contributed by atoms with Crippen LogP contribution < -0.4 is 15.4 Å². The van der Waals surface area contributed by atoms with Crippen molar-refractivity contribution < 1.29 is 4.74 Å². The molecule has 0 aliphatic heterocycles. The van der Waals surface area contributed by atoms with Crippen LogP contribution in [0.5, 0.6) is 5.75 Å². The highest BCUT2D eigenvalue weighted by Gasteiger charge is 2.22. The zero-order valence-electron chi connectivity index (χ0n) is 17.3. The number of hydrogen-bond acceptors (Lipinski definition) is 3. The Morgan fingerprint density at radius 3 is 2.67 bits per heavy atom. The van der Waals surface area contributed by atoms with Crippen LogP contribution in [0.2, 0.25) is 0 Å². The van der Waals surface area contributed by atoms with Crippen LogP contribution in [-0.2, 0) is 13.0 Å². The molecule has 3 aromatic rings. The van der Waals surface area contributed by atoms with Gasteiger partial charge in [-0.15, -0.1) is 24.0 Å². The maximum absolute atomic E-state index is 6.00. The fourth-order valence-electron chi connectivity index (χ4n) is 3.37. The fourth-order valence-corrected chi connectivity index (χ4v) is 3.37. The average molecular weight is 516 g/mol. The van der Waals surface area contributed by atoms with Crippen molar-refractivity contribution in [1.82, 2.24) is 15.6 Å². The van der Waals surface area contributed by atoms with E-state index in [4.69, 9.17) is 4.74 Å². The second-order valence-corrected chi connectivity index (χ2v) is 7.46. The van der Waals surface area contributed by atoms with Gasteiger partial charge in [-0.25, -0.2) is 0 Å². The minimum atomic E-state index is 0. The molecule has 1 aromatic heterocycles. The molecule has 0 bridgehead atoms. The Hall–Kier alpha value is -2.35. The van der Waals surface area contributed by atoms with Gasteiger partial charge in [-0.05, 0) is 42.9 Å². The Bertz CT molecular complexity index is 982. The highest BCUT2D eigenvalue weighted by molar-refractivity contribution is 14.0. The SMILES string of the molecule is CN=C(NCCc1cccc2cccnc12)NCc1ccccc1OCC1CC1.I. The fraction of sp³-hybridized carbons (Fsp3) is 0.333. The largest absolute Gasteiger partial charge is 0.493 e. The van der Waals surface area contributed by atoms with E-state index in [1.165, 1.54) is 23.8 Å². The minimum Gasteiger partial charge on any atom is -0.493 e. The molecule has 4 rings (SSSR count). The summed E-state index contributed by atoms with van der Waals surface area (Å²) in [5.41, 5.74) is 3.46. The van der Waals surface area contributed by atoms with Gasteiger partial charge in [0.05, 0.1) is 12.1 Å². The summed E-state index contributed by atoms with van der Waals surface area (Å²) in [5.74, 6) is 2.49. The molecule has 6 heteroatoms. The van der Waals surface area contributed by atoms with Crippen LogP contribution in [0.4, 0.5) is 0 Å². The van der Waals surface area contributed by atoms with E-state index in [9.17, 15) is 0 Å². The van der Waals surface area contributed by atoms with Crippen molar-refractivity contribution >= 4 is 40.8 Å². The van der Waals surface area contributed by atoms with Crippen molar-refractivity contribution in [3.8, 4) is 5.75 Å². The quantitative estimate of drug-likeness (QED) is 0.262. The minimum absolute atomic E-state index is 0. The number of guanidine groups is 1. The van der Waals surface area contributed by atoms with E-state index < -0.39 is 0 Å². The monoisotopic (exact) mass is 516 g/mol. The molecule has 0 saturated heterocycles. The molecule has 2 N–H and O–H groups in total. The van der Waals surface area contributed by atoms with Gasteiger partial charge in [-0.3, -0.25) is 9.98 Å². The molecular weight excluding hydrogens is 487 g/mol. The van der Waals surface area contributed by atoms with Crippen molar-refractivity contribution in [1.29, 1.82) is 0 Å². The summed E-state index contributed by atoms with van der Waals surface area (Å²) in [6.07, 6.45) is 5.32. The van der Waals surface area contributed by atoms with Crippen LogP contribution in [0.3, 0.4) is 0 Å². The van der Waals surface area contributed by atoms with Gasteiger partial charge < -0.3 is 15.4 Å². The van der Waals surface area contributed by atoms with E-state index in [1.54, 1.807) is 7.05 Å². The molecule has 0 atom stereocenters. The van der Waals surface area contributed by atoms with Gasteiger partial charge in [0, 0.05) is 37.3 Å². The van der Waals surface area contributed by atoms with E-state index in [-0.39, 0.29) is 24.0 Å². The Labute approximate surface area is 195 Å². The second kappa shape index (κ2) is 11.2. The van der Waals surface area contributed by atoms with Gasteiger partial charge >= 0.3 is 0 Å². The smallest absolute Gasteiger partial charge is 0.191 e. The number of para-hydroxylation sites is 2. The third-order valence-electron chi connectivity index (χ3n) is 5.22. The topological polar surface area (TPSA) is 58.5 Å². The summed E-state index contributed by atoms with van der Waals surface area (Å²) >= 11 is 0. The molecule has 1 fully saturated rings. The number of hydrogen-bond donors (Lipinski definition) is 2. The lowest BCUT2D eigenvalue weighted by atomic mass is 10.1. The second-order valence-electron chi connectivity index (χ2n) is 7.46. The Balaban J connectivity index is 0.00000256. The van der Waals surface area contributed by atoms with E-state index in [2.05, 4.69) is 50.9 Å². The summed E-state index contributed by atoms with van der Waals surface area (Å²) in [5, 5.41) is 7.98. The summed E-state index contributed by atoms with van der Waals surface area (Å²) in [7, 11) is 1.80. The number of pyridine rings is 1. The van der Waals surface area contributed by atoms with Crippen LogP contribution in [0.15, 0.2) is 65.8 Å². The number of nitrogens with one attached hydrogen (secondary N) is 2. The van der Waals surface area contributed by atoms with E-state index >= 15 is 0 Å². The summed E-state index contributed by atoms with van der Waals surface area (Å²) in [4.78, 5) is 8.88. The number of nitrogens with zero attached hydrogens (tertiary/aromatic N) is 2. The number of benzene rings is 2. The molecule has 1 saturated carbocycles. The number of ether oxygens (including phenoxy) is 1. The first kappa shape index (κ1) is 22.3. The van der Waals surface area contributed by atoms with Gasteiger partial charge in [0.25, 0.3) is 0 Å². The lowest BCUT2D eigenvalue weighted by molar-refractivity contribution is 0.296. The van der Waals surface area contributed by atoms with Gasteiger partial charge in [-0.2, -0.15) is 0 Å². The predicted octanol–water partition coefficient (Wildman–Crippen LogP) is 4.55. The van der Waals surface area contributed by atoms with Crippen molar-refractivity contribution in [2.45, 2.75) is 25.8 Å². The van der Waals surface area contributed by atoms with E-state index in [0.29, 0.717) is 6.54 Å². The number of aliphatic imine (C=N–C) groups is 1. The van der Waals surface area contributed by atoms with Gasteiger partial charge in [-0.1, -0.05) is 42.5 Å². The molecule has 0 amide bonds. The molecule has 5 nitrogen and oxygen atoms in total. The van der Waals surface area contributed by atoms with Crippen LogP contribution >= 0.6 is 24.0 Å². The van der Waals surface area contributed by atoms with Crippen LogP contribution in [0.1, 0.15) is 24.0 Å². The van der Waals surface area contributed by atoms with Crippen LogP contribution in [-0.4, -0.2) is 31.1 Å².